The van der Waals surface area contributed by atoms with E-state index >= 15 is 0 Å². The molecule has 224 valence electrons. The number of non-ortho nitro benzene ring substituents is 1. The van der Waals surface area contributed by atoms with Gasteiger partial charge in [-0.15, -0.1) is 11.3 Å². The maximum absolute atomic E-state index is 12.9. The van der Waals surface area contributed by atoms with Gasteiger partial charge in [0.25, 0.3) is 5.69 Å². The van der Waals surface area contributed by atoms with E-state index in [1.807, 2.05) is 0 Å². The highest BCUT2D eigenvalue weighted by Crippen LogP contribution is 2.37. The first-order valence-electron chi connectivity index (χ1n) is 12.5. The average molecular weight is 678 g/mol. The molecule has 0 bridgehead atoms. The number of alkyl halides is 3. The summed E-state index contributed by atoms with van der Waals surface area (Å²) in [6.07, 6.45) is -3.15. The van der Waals surface area contributed by atoms with Gasteiger partial charge in [-0.2, -0.15) is 18.3 Å². The van der Waals surface area contributed by atoms with E-state index in [4.69, 9.17) is 9.47 Å². The largest absolute Gasteiger partial charge is 0.490 e. The van der Waals surface area contributed by atoms with Gasteiger partial charge in [0.15, 0.2) is 16.6 Å². The molecule has 0 aliphatic heterocycles. The third-order valence-electron chi connectivity index (χ3n) is 5.57. The van der Waals surface area contributed by atoms with Crippen molar-refractivity contribution >= 4 is 55.9 Å². The van der Waals surface area contributed by atoms with Crippen LogP contribution in [0.4, 0.5) is 29.7 Å². The van der Waals surface area contributed by atoms with Gasteiger partial charge in [-0.25, -0.2) is 10.4 Å². The van der Waals surface area contributed by atoms with Crippen LogP contribution in [0.1, 0.15) is 29.3 Å². The van der Waals surface area contributed by atoms with Crippen LogP contribution in [0.3, 0.4) is 0 Å². The fourth-order valence-corrected chi connectivity index (χ4v) is 5.01. The lowest BCUT2D eigenvalue weighted by Gasteiger charge is -2.14. The summed E-state index contributed by atoms with van der Waals surface area (Å²) in [7, 11) is 0. The topological polar surface area (TPSA) is 128 Å². The highest BCUT2D eigenvalue weighted by molar-refractivity contribution is 9.10. The zero-order chi connectivity index (χ0) is 31.0. The molecule has 3 aromatic carbocycles. The minimum Gasteiger partial charge on any atom is -0.490 e. The van der Waals surface area contributed by atoms with Crippen LogP contribution >= 0.6 is 27.3 Å². The summed E-state index contributed by atoms with van der Waals surface area (Å²) >= 11 is 4.60. The summed E-state index contributed by atoms with van der Waals surface area (Å²) in [6, 6.07) is 14.2. The van der Waals surface area contributed by atoms with Crippen LogP contribution in [-0.2, 0) is 24.0 Å². The zero-order valence-electron chi connectivity index (χ0n) is 22.4. The minimum absolute atomic E-state index is 0.0409. The number of amides is 1. The van der Waals surface area contributed by atoms with Crippen LogP contribution in [-0.4, -0.2) is 28.6 Å². The van der Waals surface area contributed by atoms with Crippen molar-refractivity contribution in [3.63, 3.8) is 0 Å². The number of nitro benzene ring substituents is 1. The standard InChI is InChI=1S/C28H23BrF3N5O5S/c1-2-41-24-11-18(10-23(29)26(24)42-15-17-5-3-8-22(9-17)37(39)40)14-33-36-25(38)13-21-16-43-27(35-21)34-20-7-4-6-19(12-20)28(30,31)32/h3-12,14,16H,2,13,15H2,1H3,(H,34,35)(H,36,38)/b33-14-. The molecule has 0 aliphatic carbocycles. The number of nitrogens with one attached hydrogen (secondary N) is 2. The van der Waals surface area contributed by atoms with E-state index in [1.165, 1.54) is 30.5 Å². The molecular weight excluding hydrogens is 655 g/mol. The molecule has 1 aromatic heterocycles. The Balaban J connectivity index is 1.35. The van der Waals surface area contributed by atoms with E-state index in [2.05, 4.69) is 36.8 Å². The number of nitro groups is 1. The van der Waals surface area contributed by atoms with Gasteiger partial charge in [-0.1, -0.05) is 18.2 Å². The number of benzene rings is 3. The monoisotopic (exact) mass is 677 g/mol. The van der Waals surface area contributed by atoms with Crippen molar-refractivity contribution < 1.29 is 32.4 Å². The summed E-state index contributed by atoms with van der Waals surface area (Å²) < 4.78 is 51.0. The van der Waals surface area contributed by atoms with Crippen LogP contribution in [0.25, 0.3) is 0 Å². The second-order valence-electron chi connectivity index (χ2n) is 8.80. The molecular formula is C28H23BrF3N5O5S. The van der Waals surface area contributed by atoms with Crippen molar-refractivity contribution in [2.24, 2.45) is 5.10 Å². The number of anilines is 2. The Morgan fingerprint density at radius 3 is 2.70 bits per heavy atom. The van der Waals surface area contributed by atoms with Crippen LogP contribution in [0, 0.1) is 10.1 Å². The number of thiazole rings is 1. The van der Waals surface area contributed by atoms with Crippen molar-refractivity contribution in [3.05, 3.63) is 103 Å². The van der Waals surface area contributed by atoms with E-state index in [9.17, 15) is 28.1 Å². The molecule has 1 heterocycles. The summed E-state index contributed by atoms with van der Waals surface area (Å²) in [6.45, 7) is 2.21. The maximum atomic E-state index is 12.9. The Hall–Kier alpha value is -4.50. The molecule has 4 rings (SSSR count). The molecule has 0 saturated carbocycles. The second-order valence-corrected chi connectivity index (χ2v) is 10.5. The number of aromatic nitrogens is 1. The normalized spacial score (nSPS) is 11.4. The predicted octanol–water partition coefficient (Wildman–Crippen LogP) is 7.25. The highest BCUT2D eigenvalue weighted by atomic mass is 79.9. The second kappa shape index (κ2) is 14.1. The number of nitrogens with zero attached hydrogens (tertiary/aromatic N) is 3. The van der Waals surface area contributed by atoms with Gasteiger partial charge in [0.2, 0.25) is 5.91 Å². The number of hydrazone groups is 1. The van der Waals surface area contributed by atoms with E-state index in [-0.39, 0.29) is 24.4 Å². The number of carbonyl (C=O) groups is 1. The lowest BCUT2D eigenvalue weighted by Crippen LogP contribution is -2.20. The Morgan fingerprint density at radius 2 is 1.95 bits per heavy atom. The lowest BCUT2D eigenvalue weighted by molar-refractivity contribution is -0.384. The van der Waals surface area contributed by atoms with Crippen molar-refractivity contribution in [2.45, 2.75) is 26.1 Å². The van der Waals surface area contributed by atoms with E-state index in [0.717, 1.165) is 23.5 Å². The van der Waals surface area contributed by atoms with Gasteiger partial charge in [-0.05, 0) is 64.3 Å². The first-order chi connectivity index (χ1) is 20.5. The molecule has 0 fully saturated rings. The zero-order valence-corrected chi connectivity index (χ0v) is 24.8. The SMILES string of the molecule is CCOc1cc(/C=N\NC(=O)Cc2csc(Nc3cccc(C(F)(F)F)c3)n2)cc(Br)c1OCc1cccc([N+](=O)[O-])c1. The molecule has 0 spiro atoms. The molecule has 4 aromatic rings. The van der Waals surface area contributed by atoms with Gasteiger partial charge in [0, 0.05) is 23.2 Å². The summed E-state index contributed by atoms with van der Waals surface area (Å²) in [4.78, 5) is 27.2. The molecule has 10 nitrogen and oxygen atoms in total. The molecule has 1 amide bonds. The van der Waals surface area contributed by atoms with Gasteiger partial charge in [0.1, 0.15) is 6.61 Å². The van der Waals surface area contributed by atoms with Gasteiger partial charge in [0.05, 0.1) is 39.9 Å². The van der Waals surface area contributed by atoms with Crippen LogP contribution in [0.5, 0.6) is 11.5 Å². The molecule has 15 heteroatoms. The van der Waals surface area contributed by atoms with Gasteiger partial charge in [-0.3, -0.25) is 14.9 Å². The lowest BCUT2D eigenvalue weighted by atomic mass is 10.2. The highest BCUT2D eigenvalue weighted by Gasteiger charge is 2.30. The Kier molecular flexibility index (Phi) is 10.3. The number of ether oxygens (including phenoxy) is 2. The smallest absolute Gasteiger partial charge is 0.416 e. The fourth-order valence-electron chi connectivity index (χ4n) is 3.71. The molecule has 0 atom stereocenters. The fraction of sp³-hybridized carbons (Fsp3) is 0.179. The number of halogens is 4. The van der Waals surface area contributed by atoms with Crippen LogP contribution in [0.2, 0.25) is 0 Å². The Bertz CT molecular complexity index is 1650. The third-order valence-corrected chi connectivity index (χ3v) is 6.97. The minimum atomic E-state index is -4.46. The number of carbonyl (C=O) groups excluding carboxylic acids is 1. The molecule has 0 saturated heterocycles. The van der Waals surface area contributed by atoms with E-state index < -0.39 is 22.6 Å². The predicted molar refractivity (Wildman–Crippen MR) is 159 cm³/mol. The number of hydrogen-bond acceptors (Lipinski definition) is 9. The molecule has 0 radical (unpaired) electrons. The first kappa shape index (κ1) is 31.4. The quantitative estimate of drug-likeness (QED) is 0.0918. The third kappa shape index (κ3) is 8.99. The molecule has 43 heavy (non-hydrogen) atoms. The summed E-state index contributed by atoms with van der Waals surface area (Å²) in [5, 5.41) is 19.8. The van der Waals surface area contributed by atoms with E-state index in [1.54, 1.807) is 36.6 Å². The first-order valence-corrected chi connectivity index (χ1v) is 14.2. The number of rotatable bonds is 12. The van der Waals surface area contributed by atoms with Crippen molar-refractivity contribution in [1.82, 2.24) is 10.4 Å². The summed E-state index contributed by atoms with van der Waals surface area (Å²) in [5.74, 6) is 0.346. The van der Waals surface area contributed by atoms with Crippen molar-refractivity contribution in [2.75, 3.05) is 11.9 Å². The number of hydrogen-bond donors (Lipinski definition) is 2. The molecule has 0 aliphatic rings. The van der Waals surface area contributed by atoms with Crippen molar-refractivity contribution in [1.29, 1.82) is 0 Å². The maximum Gasteiger partial charge on any atom is 0.416 e. The Labute approximate surface area is 255 Å². The van der Waals surface area contributed by atoms with Gasteiger partial charge < -0.3 is 14.8 Å². The summed E-state index contributed by atoms with van der Waals surface area (Å²) in [5.41, 5.74) is 3.42. The van der Waals surface area contributed by atoms with Crippen LogP contribution < -0.4 is 20.2 Å². The molecule has 0 unspecified atom stereocenters. The van der Waals surface area contributed by atoms with Gasteiger partial charge >= 0.3 is 6.18 Å². The average Bonchev–Trinajstić information content (AvgIpc) is 3.38. The Morgan fingerprint density at radius 1 is 1.16 bits per heavy atom. The van der Waals surface area contributed by atoms with E-state index in [0.29, 0.717) is 44.5 Å². The van der Waals surface area contributed by atoms with Crippen LogP contribution in [0.15, 0.2) is 75.6 Å². The van der Waals surface area contributed by atoms with Crippen molar-refractivity contribution in [3.8, 4) is 11.5 Å². The molecule has 2 N–H and O–H groups in total.